The molecule has 0 amide bonds. The summed E-state index contributed by atoms with van der Waals surface area (Å²) in [5.74, 6) is 0.973. The standard InChI is InChI=1S/C64H42N4O2/c69-63-57-37-17-35-55(59(57)65-61(51-31-13-27-47(39-51)43-19-5-1-6-20-43)67(63)53-33-15-29-49(41-53)45-23-9-3-10-24-45)56-36-18-38-58-60(56)66-62(52-32-14-28-48(40-52)44-21-7-2-8-22-44)68(64(58)70)54-34-16-30-50(42-54)46-25-11-4-12-26-46/h1-42H. The van der Waals surface area contributed by atoms with Crippen molar-refractivity contribution >= 4 is 21.8 Å². The van der Waals surface area contributed by atoms with Crippen molar-refractivity contribution in [2.24, 2.45) is 0 Å². The topological polar surface area (TPSA) is 69.8 Å². The first kappa shape index (κ1) is 41.9. The molecular formula is C64H42N4O2. The maximum Gasteiger partial charge on any atom is 0.266 e. The fourth-order valence-electron chi connectivity index (χ4n) is 9.57. The molecule has 0 unspecified atom stereocenters. The molecule has 0 atom stereocenters. The maximum absolute atomic E-state index is 15.4. The molecule has 2 aromatic heterocycles. The molecule has 0 saturated heterocycles. The zero-order chi connectivity index (χ0) is 47.0. The molecular weight excluding hydrogens is 857 g/mol. The molecule has 0 fully saturated rings. The van der Waals surface area contributed by atoms with Crippen molar-refractivity contribution < 1.29 is 0 Å². The van der Waals surface area contributed by atoms with Crippen LogP contribution >= 0.6 is 0 Å². The Bertz CT molecular complexity index is 3770. The van der Waals surface area contributed by atoms with Gasteiger partial charge in [-0.1, -0.05) is 206 Å². The Labute approximate surface area is 404 Å². The molecule has 0 bridgehead atoms. The zero-order valence-corrected chi connectivity index (χ0v) is 37.9. The molecule has 10 aromatic carbocycles. The van der Waals surface area contributed by atoms with Crippen molar-refractivity contribution in [2.75, 3.05) is 0 Å². The molecule has 0 saturated carbocycles. The van der Waals surface area contributed by atoms with Gasteiger partial charge in [0.25, 0.3) is 11.1 Å². The van der Waals surface area contributed by atoms with Crippen LogP contribution in [0.15, 0.2) is 264 Å². The lowest BCUT2D eigenvalue weighted by Crippen LogP contribution is -2.23. The summed E-state index contributed by atoms with van der Waals surface area (Å²) < 4.78 is 3.45. The number of aromatic nitrogens is 4. The molecule has 2 heterocycles. The Morgan fingerprint density at radius 1 is 0.257 bits per heavy atom. The van der Waals surface area contributed by atoms with Gasteiger partial charge in [0.2, 0.25) is 0 Å². The molecule has 0 radical (unpaired) electrons. The maximum atomic E-state index is 15.4. The molecule has 0 aliphatic rings. The molecule has 330 valence electrons. The van der Waals surface area contributed by atoms with Gasteiger partial charge in [-0.3, -0.25) is 18.7 Å². The Kier molecular flexibility index (Phi) is 10.7. The van der Waals surface area contributed by atoms with Crippen molar-refractivity contribution in [1.82, 2.24) is 19.1 Å². The number of rotatable bonds is 9. The van der Waals surface area contributed by atoms with Gasteiger partial charge in [-0.2, -0.15) is 0 Å². The van der Waals surface area contributed by atoms with Crippen LogP contribution in [0.25, 0.3) is 112 Å². The van der Waals surface area contributed by atoms with Gasteiger partial charge in [0.15, 0.2) is 0 Å². The van der Waals surface area contributed by atoms with Crippen LogP contribution in [0.1, 0.15) is 0 Å². The van der Waals surface area contributed by atoms with Gasteiger partial charge >= 0.3 is 0 Å². The minimum absolute atomic E-state index is 0.218. The van der Waals surface area contributed by atoms with Gasteiger partial charge in [0.05, 0.1) is 33.2 Å². The summed E-state index contributed by atoms with van der Waals surface area (Å²) in [5.41, 5.74) is 13.0. The third-order valence-electron chi connectivity index (χ3n) is 13.0. The van der Waals surface area contributed by atoms with Crippen molar-refractivity contribution in [2.45, 2.75) is 0 Å². The number of fused-ring (bicyclic) bond motifs is 2. The van der Waals surface area contributed by atoms with Crippen molar-refractivity contribution in [1.29, 1.82) is 0 Å². The summed E-state index contributed by atoms with van der Waals surface area (Å²) >= 11 is 0. The Morgan fingerprint density at radius 2 is 0.543 bits per heavy atom. The number of nitrogens with zero attached hydrogens (tertiary/aromatic N) is 4. The van der Waals surface area contributed by atoms with Gasteiger partial charge in [-0.15, -0.1) is 0 Å². The van der Waals surface area contributed by atoms with E-state index in [4.69, 9.17) is 9.97 Å². The Hall–Kier alpha value is -9.52. The van der Waals surface area contributed by atoms with Crippen LogP contribution in [0.2, 0.25) is 0 Å². The number of hydrogen-bond donors (Lipinski definition) is 0. The predicted molar refractivity (Wildman–Crippen MR) is 286 cm³/mol. The minimum Gasteiger partial charge on any atom is -0.268 e. The quantitative estimate of drug-likeness (QED) is 0.145. The van der Waals surface area contributed by atoms with E-state index >= 15 is 9.59 Å². The lowest BCUT2D eigenvalue weighted by atomic mass is 9.98. The molecule has 6 heteroatoms. The molecule has 6 nitrogen and oxygen atoms in total. The van der Waals surface area contributed by atoms with E-state index in [-0.39, 0.29) is 11.1 Å². The number of benzene rings is 10. The zero-order valence-electron chi connectivity index (χ0n) is 37.9. The lowest BCUT2D eigenvalue weighted by Gasteiger charge is -2.18. The SMILES string of the molecule is O=c1c2cccc(-c3cccc4c(=O)n(-c5cccc(-c6ccccc6)c5)c(-c5cccc(-c6ccccc6)c5)nc34)c2nc(-c2cccc(-c3ccccc3)c2)n1-c1cccc(-c2ccccc2)c1. The third-order valence-corrected chi connectivity index (χ3v) is 13.0. The van der Waals surface area contributed by atoms with Crippen LogP contribution in [-0.4, -0.2) is 19.1 Å². The van der Waals surface area contributed by atoms with E-state index in [1.165, 1.54) is 0 Å². The highest BCUT2D eigenvalue weighted by Crippen LogP contribution is 2.36. The smallest absolute Gasteiger partial charge is 0.266 e. The average Bonchev–Trinajstić information content (AvgIpc) is 3.44. The first-order valence-corrected chi connectivity index (χ1v) is 23.3. The van der Waals surface area contributed by atoms with Gasteiger partial charge in [0, 0.05) is 22.3 Å². The van der Waals surface area contributed by atoms with Gasteiger partial charge in [0.1, 0.15) is 11.6 Å². The van der Waals surface area contributed by atoms with Crippen LogP contribution in [0.5, 0.6) is 0 Å². The predicted octanol–water partition coefficient (Wildman–Crippen LogP) is 14.8. The second-order valence-electron chi connectivity index (χ2n) is 17.3. The van der Waals surface area contributed by atoms with Crippen LogP contribution in [0.3, 0.4) is 0 Å². The van der Waals surface area contributed by atoms with E-state index in [1.54, 1.807) is 9.13 Å². The molecule has 0 spiro atoms. The first-order chi connectivity index (χ1) is 34.6. The van der Waals surface area contributed by atoms with E-state index in [0.717, 1.165) is 55.6 Å². The first-order valence-electron chi connectivity index (χ1n) is 23.3. The molecule has 0 N–H and O–H groups in total. The van der Waals surface area contributed by atoms with E-state index < -0.39 is 0 Å². The third kappa shape index (κ3) is 7.69. The second-order valence-corrected chi connectivity index (χ2v) is 17.3. The number of para-hydroxylation sites is 2. The van der Waals surface area contributed by atoms with Gasteiger partial charge in [-0.25, -0.2) is 9.97 Å². The summed E-state index contributed by atoms with van der Waals surface area (Å²) in [5, 5.41) is 0.869. The fourth-order valence-corrected chi connectivity index (χ4v) is 9.57. The Morgan fingerprint density at radius 3 is 0.900 bits per heavy atom. The monoisotopic (exact) mass is 898 g/mol. The van der Waals surface area contributed by atoms with E-state index in [9.17, 15) is 0 Å². The normalized spacial score (nSPS) is 11.3. The molecule has 0 aliphatic carbocycles. The Balaban J connectivity index is 1.11. The summed E-state index contributed by atoms with van der Waals surface area (Å²) in [7, 11) is 0. The van der Waals surface area contributed by atoms with Crippen molar-refractivity contribution in [3.05, 3.63) is 275 Å². The average molecular weight is 899 g/mol. The van der Waals surface area contributed by atoms with E-state index in [0.29, 0.717) is 56.0 Å². The second kappa shape index (κ2) is 17.9. The molecule has 0 aliphatic heterocycles. The minimum atomic E-state index is -0.218. The van der Waals surface area contributed by atoms with Gasteiger partial charge < -0.3 is 0 Å². The summed E-state index contributed by atoms with van der Waals surface area (Å²) in [6.45, 7) is 0. The molecule has 12 rings (SSSR count). The number of hydrogen-bond acceptors (Lipinski definition) is 4. The van der Waals surface area contributed by atoms with Crippen LogP contribution in [0.4, 0.5) is 0 Å². The molecule has 12 aromatic rings. The van der Waals surface area contributed by atoms with Crippen molar-refractivity contribution in [3.8, 4) is 89.8 Å². The molecule has 70 heavy (non-hydrogen) atoms. The largest absolute Gasteiger partial charge is 0.268 e. The van der Waals surface area contributed by atoms with Gasteiger partial charge in [-0.05, 0) is 93.0 Å². The van der Waals surface area contributed by atoms with E-state index in [2.05, 4.69) is 84.9 Å². The van der Waals surface area contributed by atoms with Crippen LogP contribution < -0.4 is 11.1 Å². The van der Waals surface area contributed by atoms with Crippen molar-refractivity contribution in [3.63, 3.8) is 0 Å². The highest BCUT2D eigenvalue weighted by molar-refractivity contribution is 6.03. The summed E-state index contributed by atoms with van der Waals surface area (Å²) in [6.07, 6.45) is 0. The highest BCUT2D eigenvalue weighted by Gasteiger charge is 2.22. The van der Waals surface area contributed by atoms with E-state index in [1.807, 2.05) is 170 Å². The highest BCUT2D eigenvalue weighted by atomic mass is 16.1. The lowest BCUT2D eigenvalue weighted by molar-refractivity contribution is 0.975. The van der Waals surface area contributed by atoms with Crippen LogP contribution in [0, 0.1) is 0 Å². The summed E-state index contributed by atoms with van der Waals surface area (Å²) in [6, 6.07) is 84.5. The fraction of sp³-hybridized carbons (Fsp3) is 0. The summed E-state index contributed by atoms with van der Waals surface area (Å²) in [4.78, 5) is 41.8. The van der Waals surface area contributed by atoms with Crippen LogP contribution in [-0.2, 0) is 0 Å².